The van der Waals surface area contributed by atoms with Crippen LogP contribution in [-0.4, -0.2) is 42.3 Å². The van der Waals surface area contributed by atoms with Crippen LogP contribution in [0.4, 0.5) is 5.69 Å². The molecule has 2 aliphatic heterocycles. The lowest BCUT2D eigenvalue weighted by Gasteiger charge is -2.27. The zero-order valence-corrected chi connectivity index (χ0v) is 20.5. The summed E-state index contributed by atoms with van der Waals surface area (Å²) >= 11 is 7.68. The number of ether oxygens (including phenoxy) is 1. The van der Waals surface area contributed by atoms with Crippen molar-refractivity contribution in [2.45, 2.75) is 38.5 Å². The van der Waals surface area contributed by atoms with Crippen LogP contribution in [0.3, 0.4) is 0 Å². The first-order chi connectivity index (χ1) is 15.2. The molecule has 32 heavy (non-hydrogen) atoms. The van der Waals surface area contributed by atoms with Crippen LogP contribution in [0.15, 0.2) is 47.5 Å². The van der Waals surface area contributed by atoms with Gasteiger partial charge in [0.2, 0.25) is 0 Å². The molecule has 170 valence electrons. The van der Waals surface area contributed by atoms with E-state index in [1.54, 1.807) is 18.2 Å². The third-order valence-electron chi connectivity index (χ3n) is 5.70. The molecule has 0 aromatic heterocycles. The van der Waals surface area contributed by atoms with Crippen LogP contribution in [0, 0.1) is 12.8 Å². The summed E-state index contributed by atoms with van der Waals surface area (Å²) in [6.07, 6.45) is 0.681. The van der Waals surface area contributed by atoms with E-state index >= 15 is 0 Å². The molecule has 0 radical (unpaired) electrons. The van der Waals surface area contributed by atoms with Crippen molar-refractivity contribution < 1.29 is 17.9 Å². The summed E-state index contributed by atoms with van der Waals surface area (Å²) in [5.41, 5.74) is 1.66. The Morgan fingerprint density at radius 2 is 2.06 bits per heavy atom. The topological polar surface area (TPSA) is 76.0 Å². The van der Waals surface area contributed by atoms with Gasteiger partial charge in [-0.05, 0) is 49.2 Å². The Labute approximate surface area is 197 Å². The zero-order chi connectivity index (χ0) is 23.0. The third kappa shape index (κ3) is 4.82. The molecule has 9 heteroatoms. The Hall–Kier alpha value is -2.03. The average Bonchev–Trinajstić information content (AvgIpc) is 3.19. The maximum absolute atomic E-state index is 12.6. The summed E-state index contributed by atoms with van der Waals surface area (Å²) in [5.74, 6) is 0.809. The molecule has 2 saturated heterocycles. The molecule has 0 saturated carbocycles. The molecule has 0 N–H and O–H groups in total. The molecule has 3 atom stereocenters. The second-order valence-corrected chi connectivity index (χ2v) is 12.0. The minimum Gasteiger partial charge on any atom is -0.455 e. The molecule has 0 unspecified atom stereocenters. The number of thioether (sulfide) groups is 1. The van der Waals surface area contributed by atoms with E-state index in [0.29, 0.717) is 33.8 Å². The Kier molecular flexibility index (Phi) is 6.56. The zero-order valence-electron chi connectivity index (χ0n) is 18.1. The predicted molar refractivity (Wildman–Crippen MR) is 131 cm³/mol. The van der Waals surface area contributed by atoms with Crippen molar-refractivity contribution in [1.82, 2.24) is 0 Å². The molecule has 2 heterocycles. The number of aryl methyl sites for hydroxylation is 1. The monoisotopic (exact) mass is 492 g/mol. The number of halogens is 1. The normalized spacial score (nSPS) is 23.9. The van der Waals surface area contributed by atoms with Crippen LogP contribution in [0.25, 0.3) is 0 Å². The summed E-state index contributed by atoms with van der Waals surface area (Å²) in [5, 5.41) is 0.782. The quantitative estimate of drug-likeness (QED) is 0.578. The standard InChI is InChI=1S/C23H25ClN2O4S2/c1-4-15(3)22(27)25-23-26(19-12-32(28,29)13-21(19)31-23)18-11-16(24)8-9-20(18)30-17-7-5-6-14(2)10-17/h5-11,15,19,21H,4,12-13H2,1-3H3/t15-,19+,21+/m0/s1. The fraction of sp³-hybridized carbons (Fsp3) is 0.391. The van der Waals surface area contributed by atoms with Crippen molar-refractivity contribution in [2.24, 2.45) is 10.9 Å². The smallest absolute Gasteiger partial charge is 0.250 e. The van der Waals surface area contributed by atoms with Gasteiger partial charge in [-0.15, -0.1) is 0 Å². The Bertz CT molecular complexity index is 1180. The first-order valence-corrected chi connectivity index (χ1v) is 13.6. The lowest BCUT2D eigenvalue weighted by Crippen LogP contribution is -2.38. The molecule has 0 bridgehead atoms. The summed E-state index contributed by atoms with van der Waals surface area (Å²) < 4.78 is 30.9. The molecule has 2 aromatic rings. The number of amidine groups is 1. The molecular weight excluding hydrogens is 468 g/mol. The van der Waals surface area contributed by atoms with Crippen LogP contribution in [0.5, 0.6) is 11.5 Å². The van der Waals surface area contributed by atoms with Crippen LogP contribution in [-0.2, 0) is 14.6 Å². The van der Waals surface area contributed by atoms with Crippen LogP contribution in [0.1, 0.15) is 25.8 Å². The highest BCUT2D eigenvalue weighted by Gasteiger charge is 2.50. The van der Waals surface area contributed by atoms with Crippen molar-refractivity contribution in [3.63, 3.8) is 0 Å². The maximum Gasteiger partial charge on any atom is 0.250 e. The average molecular weight is 493 g/mol. The van der Waals surface area contributed by atoms with Gasteiger partial charge in [0, 0.05) is 16.2 Å². The lowest BCUT2D eigenvalue weighted by atomic mass is 10.1. The molecule has 2 fully saturated rings. The predicted octanol–water partition coefficient (Wildman–Crippen LogP) is 5.09. The van der Waals surface area contributed by atoms with Crippen molar-refractivity contribution >= 4 is 50.0 Å². The van der Waals surface area contributed by atoms with Gasteiger partial charge in [0.05, 0.1) is 23.2 Å². The molecule has 2 aliphatic rings. The number of hydrogen-bond donors (Lipinski definition) is 0. The Morgan fingerprint density at radius 3 is 2.78 bits per heavy atom. The van der Waals surface area contributed by atoms with Gasteiger partial charge in [0.25, 0.3) is 5.91 Å². The van der Waals surface area contributed by atoms with E-state index in [4.69, 9.17) is 16.3 Å². The Balaban J connectivity index is 1.79. The molecule has 1 amide bonds. The number of anilines is 1. The number of amides is 1. The van der Waals surface area contributed by atoms with Gasteiger partial charge in [0.15, 0.2) is 20.8 Å². The number of fused-ring (bicyclic) bond motifs is 1. The molecular formula is C23H25ClN2O4S2. The second kappa shape index (κ2) is 9.08. The molecule has 6 nitrogen and oxygen atoms in total. The van der Waals surface area contributed by atoms with E-state index in [9.17, 15) is 13.2 Å². The number of carbonyl (C=O) groups is 1. The van der Waals surface area contributed by atoms with Crippen molar-refractivity contribution in [2.75, 3.05) is 16.4 Å². The summed E-state index contributed by atoms with van der Waals surface area (Å²) in [6.45, 7) is 5.76. The van der Waals surface area contributed by atoms with Gasteiger partial charge in [-0.1, -0.05) is 49.3 Å². The van der Waals surface area contributed by atoms with Gasteiger partial charge in [0.1, 0.15) is 5.75 Å². The van der Waals surface area contributed by atoms with Crippen molar-refractivity contribution in [1.29, 1.82) is 0 Å². The molecule has 0 aliphatic carbocycles. The van der Waals surface area contributed by atoms with E-state index < -0.39 is 9.84 Å². The third-order valence-corrected chi connectivity index (χ3v) is 9.15. The van der Waals surface area contributed by atoms with Crippen molar-refractivity contribution in [3.8, 4) is 11.5 Å². The summed E-state index contributed by atoms with van der Waals surface area (Å²) in [4.78, 5) is 18.9. The largest absolute Gasteiger partial charge is 0.455 e. The highest BCUT2D eigenvalue weighted by Crippen LogP contribution is 2.45. The molecule has 4 rings (SSSR count). The van der Waals surface area contributed by atoms with Gasteiger partial charge >= 0.3 is 0 Å². The fourth-order valence-electron chi connectivity index (χ4n) is 3.80. The minimum atomic E-state index is -3.18. The number of rotatable bonds is 5. The van der Waals surface area contributed by atoms with Crippen molar-refractivity contribution in [3.05, 3.63) is 53.1 Å². The SMILES string of the molecule is CC[C@H](C)C(=O)N=C1S[C@@H]2CS(=O)(=O)C[C@H]2N1c1cc(Cl)ccc1Oc1cccc(C)c1. The Morgan fingerprint density at radius 1 is 1.28 bits per heavy atom. The highest BCUT2D eigenvalue weighted by molar-refractivity contribution is 8.16. The number of benzene rings is 2. The van der Waals surface area contributed by atoms with E-state index in [2.05, 4.69) is 4.99 Å². The van der Waals surface area contributed by atoms with Gasteiger partial charge in [-0.3, -0.25) is 4.79 Å². The van der Waals surface area contributed by atoms with Gasteiger partial charge in [-0.2, -0.15) is 4.99 Å². The fourth-order valence-corrected chi connectivity index (χ4v) is 7.87. The van der Waals surface area contributed by atoms with Gasteiger partial charge < -0.3 is 9.64 Å². The van der Waals surface area contributed by atoms with Crippen LogP contribution < -0.4 is 9.64 Å². The first-order valence-electron chi connectivity index (χ1n) is 10.5. The van der Waals surface area contributed by atoms with Crippen LogP contribution in [0.2, 0.25) is 5.02 Å². The second-order valence-electron chi connectivity index (χ2n) is 8.24. The number of aliphatic imine (C=N–C) groups is 1. The molecule has 2 aromatic carbocycles. The number of carbonyl (C=O) groups excluding carboxylic acids is 1. The first kappa shape index (κ1) is 23.1. The van der Waals surface area contributed by atoms with E-state index in [0.717, 1.165) is 5.56 Å². The van der Waals surface area contributed by atoms with E-state index in [1.165, 1.54) is 11.8 Å². The number of sulfone groups is 1. The van der Waals surface area contributed by atoms with Crippen LogP contribution >= 0.6 is 23.4 Å². The molecule has 0 spiro atoms. The van der Waals surface area contributed by atoms with E-state index in [1.807, 2.05) is 49.9 Å². The highest BCUT2D eigenvalue weighted by atomic mass is 35.5. The van der Waals surface area contributed by atoms with E-state index in [-0.39, 0.29) is 34.6 Å². The number of hydrogen-bond acceptors (Lipinski definition) is 5. The maximum atomic E-state index is 12.6. The summed E-state index contributed by atoms with van der Waals surface area (Å²) in [7, 11) is -3.18. The summed E-state index contributed by atoms with van der Waals surface area (Å²) in [6, 6.07) is 12.5. The minimum absolute atomic E-state index is 0.00237. The van der Waals surface area contributed by atoms with Gasteiger partial charge in [-0.25, -0.2) is 8.42 Å². The lowest BCUT2D eigenvalue weighted by molar-refractivity contribution is -0.121. The number of nitrogens with zero attached hydrogens (tertiary/aromatic N) is 2.